The highest BCUT2D eigenvalue weighted by Crippen LogP contribution is 2.46. The molecule has 15 nitrogen and oxygen atoms in total. The Morgan fingerprint density at radius 3 is 2.30 bits per heavy atom. The van der Waals surface area contributed by atoms with E-state index in [4.69, 9.17) is 29.0 Å². The number of aliphatic hydroxyl groups excluding tert-OH is 2. The molecule has 0 radical (unpaired) electrons. The van der Waals surface area contributed by atoms with Crippen molar-refractivity contribution in [1.82, 2.24) is 14.6 Å². The van der Waals surface area contributed by atoms with Gasteiger partial charge in [0.1, 0.15) is 42.1 Å². The van der Waals surface area contributed by atoms with Crippen LogP contribution in [-0.2, 0) is 32.9 Å². The minimum atomic E-state index is -4.54. The Balaban J connectivity index is 1.81. The molecule has 0 bridgehead atoms. The molecule has 1 aliphatic heterocycles. The van der Waals surface area contributed by atoms with Gasteiger partial charge in [-0.1, -0.05) is 52.5 Å². The molecule has 2 heterocycles. The lowest BCUT2D eigenvalue weighted by Crippen LogP contribution is -2.41. The molecule has 1 unspecified atom stereocenters. The molecule has 0 spiro atoms. The summed E-state index contributed by atoms with van der Waals surface area (Å²) in [5, 5.41) is 34.4. The molecule has 0 aliphatic carbocycles. The topological polar surface area (TPSA) is 214 Å². The number of benzene rings is 1. The first-order valence-electron chi connectivity index (χ1n) is 15.0. The van der Waals surface area contributed by atoms with Crippen LogP contribution in [0.2, 0.25) is 0 Å². The number of para-hydroxylation sites is 1. The second kappa shape index (κ2) is 16.9. The van der Waals surface area contributed by atoms with Gasteiger partial charge in [-0.3, -0.25) is 18.7 Å². The zero-order valence-electron chi connectivity index (χ0n) is 26.5. The van der Waals surface area contributed by atoms with E-state index in [0.717, 1.165) is 10.9 Å². The highest BCUT2D eigenvalue weighted by Gasteiger charge is 2.46. The molecule has 0 saturated carbocycles. The van der Waals surface area contributed by atoms with E-state index in [2.05, 4.69) is 16.7 Å². The van der Waals surface area contributed by atoms with E-state index in [9.17, 15) is 29.5 Å². The average Bonchev–Trinajstić information content (AvgIpc) is 3.50. The van der Waals surface area contributed by atoms with Gasteiger partial charge >= 0.3 is 19.7 Å². The second-order valence-corrected chi connectivity index (χ2v) is 13.4. The largest absolute Gasteiger partial charge is 0.493 e. The van der Waals surface area contributed by atoms with Crippen molar-refractivity contribution in [3.05, 3.63) is 48.9 Å². The number of imidazole rings is 1. The Kier molecular flexibility index (Phi) is 13.6. The van der Waals surface area contributed by atoms with E-state index in [-0.39, 0.29) is 42.2 Å². The normalized spacial score (nSPS) is 21.6. The highest BCUT2D eigenvalue weighted by molar-refractivity contribution is 7.52. The van der Waals surface area contributed by atoms with Crippen LogP contribution < -0.4 is 15.3 Å². The molecule has 0 amide bonds. The first-order valence-corrected chi connectivity index (χ1v) is 16.6. The van der Waals surface area contributed by atoms with Crippen LogP contribution in [-0.4, -0.2) is 81.0 Å². The first-order chi connectivity index (χ1) is 21.7. The van der Waals surface area contributed by atoms with E-state index >= 15 is 0 Å². The van der Waals surface area contributed by atoms with Gasteiger partial charge in [-0.25, -0.2) is 9.55 Å². The van der Waals surface area contributed by atoms with Crippen LogP contribution in [0, 0.1) is 11.8 Å². The van der Waals surface area contributed by atoms with Gasteiger partial charge in [0.15, 0.2) is 6.23 Å². The Morgan fingerprint density at radius 2 is 1.72 bits per heavy atom. The van der Waals surface area contributed by atoms with Crippen molar-refractivity contribution in [2.24, 2.45) is 17.6 Å². The minimum Gasteiger partial charge on any atom is -0.493 e. The lowest BCUT2D eigenvalue weighted by molar-refractivity contribution is -0.152. The fourth-order valence-corrected chi connectivity index (χ4v) is 5.75. The fraction of sp³-hybridized carbons (Fsp3) is 0.567. The third-order valence-corrected chi connectivity index (χ3v) is 8.50. The third kappa shape index (κ3) is 10.5. The number of aromatic nitrogens is 2. The summed E-state index contributed by atoms with van der Waals surface area (Å²) in [6, 6.07) is 6.45. The summed E-state index contributed by atoms with van der Waals surface area (Å²) in [7, 11) is -4.54. The Hall–Kier alpha value is -3.46. The summed E-state index contributed by atoms with van der Waals surface area (Å²) >= 11 is 0. The number of aliphatic hydroxyl groups is 2. The van der Waals surface area contributed by atoms with Gasteiger partial charge in [0.25, 0.3) is 0 Å². The SMILES string of the molecule is C=C(N)c1ncn([C@@H]2O[C@H](COP(=O)(N[C@@H](CC(=O)OCCC(C)C)C(=O)OCCC(C)C)Oc3ccccc3)[C@@H](O)[C@H]2O)c1O. The molecule has 1 fully saturated rings. The van der Waals surface area contributed by atoms with Crippen molar-refractivity contribution < 1.29 is 52.7 Å². The molecular weight excluding hydrogens is 623 g/mol. The van der Waals surface area contributed by atoms with Crippen LogP contribution in [0.4, 0.5) is 0 Å². The van der Waals surface area contributed by atoms with Crippen LogP contribution in [0.1, 0.15) is 58.9 Å². The van der Waals surface area contributed by atoms with E-state index in [1.54, 1.807) is 18.2 Å². The van der Waals surface area contributed by atoms with E-state index in [1.165, 1.54) is 12.1 Å². The molecule has 6 atom stereocenters. The molecular formula is C30H45N4O11P. The third-order valence-electron chi connectivity index (χ3n) is 6.93. The quantitative estimate of drug-likeness (QED) is 0.114. The van der Waals surface area contributed by atoms with Crippen molar-refractivity contribution in [2.75, 3.05) is 19.8 Å². The second-order valence-electron chi connectivity index (χ2n) is 11.7. The monoisotopic (exact) mass is 668 g/mol. The van der Waals surface area contributed by atoms with Gasteiger partial charge in [0.2, 0.25) is 5.88 Å². The molecule has 1 aromatic carbocycles. The van der Waals surface area contributed by atoms with Crippen molar-refractivity contribution >= 4 is 25.4 Å². The fourth-order valence-electron chi connectivity index (χ4n) is 4.25. The lowest BCUT2D eigenvalue weighted by atomic mass is 10.1. The summed E-state index contributed by atoms with van der Waals surface area (Å²) in [4.78, 5) is 29.8. The lowest BCUT2D eigenvalue weighted by Gasteiger charge is -2.26. The summed E-state index contributed by atoms with van der Waals surface area (Å²) in [5.74, 6) is -1.44. The summed E-state index contributed by atoms with van der Waals surface area (Å²) in [6.45, 7) is 10.9. The van der Waals surface area contributed by atoms with Gasteiger partial charge in [0.05, 0.1) is 31.9 Å². The summed E-state index contributed by atoms with van der Waals surface area (Å²) in [6.07, 6.45) is -3.99. The number of nitrogens with zero attached hydrogens (tertiary/aromatic N) is 2. The van der Waals surface area contributed by atoms with Gasteiger partial charge in [-0.15, -0.1) is 0 Å². The molecule has 3 rings (SSSR count). The van der Waals surface area contributed by atoms with E-state index < -0.39 is 69.2 Å². The predicted molar refractivity (Wildman–Crippen MR) is 166 cm³/mol. The number of aromatic hydroxyl groups is 1. The number of nitrogens with one attached hydrogen (secondary N) is 1. The van der Waals surface area contributed by atoms with Crippen LogP contribution in [0.15, 0.2) is 43.2 Å². The Morgan fingerprint density at radius 1 is 1.09 bits per heavy atom. The number of rotatable bonds is 18. The van der Waals surface area contributed by atoms with Gasteiger partial charge < -0.3 is 39.8 Å². The summed E-state index contributed by atoms with van der Waals surface area (Å²) < 4.78 is 43.0. The molecule has 1 saturated heterocycles. The van der Waals surface area contributed by atoms with Crippen LogP contribution in [0.3, 0.4) is 0 Å². The van der Waals surface area contributed by atoms with Gasteiger partial charge in [0, 0.05) is 0 Å². The number of hydrogen-bond donors (Lipinski definition) is 5. The average molecular weight is 669 g/mol. The summed E-state index contributed by atoms with van der Waals surface area (Å²) in [5.41, 5.74) is 5.55. The van der Waals surface area contributed by atoms with Crippen LogP contribution in [0.25, 0.3) is 5.70 Å². The van der Waals surface area contributed by atoms with Crippen molar-refractivity contribution in [3.63, 3.8) is 0 Å². The van der Waals surface area contributed by atoms with Crippen molar-refractivity contribution in [1.29, 1.82) is 0 Å². The van der Waals surface area contributed by atoms with Crippen LogP contribution >= 0.6 is 7.75 Å². The number of esters is 2. The minimum absolute atomic E-state index is 0.0321. The Bertz CT molecular complexity index is 1350. The maximum absolute atomic E-state index is 14.2. The van der Waals surface area contributed by atoms with E-state index in [1.807, 2.05) is 27.7 Å². The zero-order chi connectivity index (χ0) is 34.0. The van der Waals surface area contributed by atoms with Crippen LogP contribution in [0.5, 0.6) is 11.6 Å². The maximum Gasteiger partial charge on any atom is 0.459 e. The predicted octanol–water partition coefficient (Wildman–Crippen LogP) is 2.87. The number of carbonyl (C=O) groups is 2. The molecule has 46 heavy (non-hydrogen) atoms. The standard InChI is InChI=1S/C30H45N4O11P/c1-18(2)11-13-41-24(35)15-22(30(39)42-14-12-19(3)4)33-46(40,45-21-9-7-6-8-10-21)43-16-23-26(36)27(37)29(44-23)34-17-32-25(20(5)31)28(34)38/h6-10,17-19,22-23,26-27,29,36-38H,5,11-16,31H2,1-4H3,(H,33,40)/t22-,23+,26+,27+,29+,46?/m0/s1. The van der Waals surface area contributed by atoms with Gasteiger partial charge in [-0.2, -0.15) is 5.09 Å². The highest BCUT2D eigenvalue weighted by atomic mass is 31.2. The molecule has 6 N–H and O–H groups in total. The Labute approximate surface area is 268 Å². The molecule has 16 heteroatoms. The first kappa shape index (κ1) is 37.0. The maximum atomic E-state index is 14.2. The number of nitrogens with two attached hydrogens (primary N) is 1. The number of hydrogen-bond acceptors (Lipinski definition) is 13. The number of carbonyl (C=O) groups excluding carboxylic acids is 2. The molecule has 256 valence electrons. The van der Waals surface area contributed by atoms with Crippen molar-refractivity contribution in [3.8, 4) is 11.6 Å². The molecule has 2 aromatic rings. The van der Waals surface area contributed by atoms with Crippen molar-refractivity contribution in [2.45, 2.75) is 77.5 Å². The molecule has 1 aromatic heterocycles. The molecule has 1 aliphatic rings. The smallest absolute Gasteiger partial charge is 0.459 e. The van der Waals surface area contributed by atoms with Gasteiger partial charge in [-0.05, 0) is 36.8 Å². The number of ether oxygens (including phenoxy) is 3. The zero-order valence-corrected chi connectivity index (χ0v) is 27.4. The van der Waals surface area contributed by atoms with E-state index in [0.29, 0.717) is 12.8 Å².